The second-order valence-corrected chi connectivity index (χ2v) is 6.74. The van der Waals surface area contributed by atoms with Crippen LogP contribution < -0.4 is 10.2 Å². The van der Waals surface area contributed by atoms with Gasteiger partial charge in [0, 0.05) is 16.5 Å². The van der Waals surface area contributed by atoms with Crippen LogP contribution in [0.2, 0.25) is 5.15 Å². The maximum Gasteiger partial charge on any atom is 0.277 e. The molecule has 0 spiro atoms. The Morgan fingerprint density at radius 2 is 2.00 bits per heavy atom. The standard InChI is InChI=1S/C21H22ClN3O2/c1-3-14(2)15-8-10-16(11-9-15)27-13-20(26)25-23-12-18-17-6-4-5-7-19(17)24-21(18)22/h4-12,14,24H,3,13H2,1-2H3,(H,25,26)/b23-12+/t14-/m1/s1. The van der Waals surface area contributed by atoms with Crippen molar-refractivity contribution in [3.8, 4) is 5.75 Å². The molecule has 0 radical (unpaired) electrons. The lowest BCUT2D eigenvalue weighted by Crippen LogP contribution is -2.24. The van der Waals surface area contributed by atoms with E-state index in [1.54, 1.807) is 0 Å². The number of hydrazone groups is 1. The van der Waals surface area contributed by atoms with Gasteiger partial charge in [0.15, 0.2) is 6.61 Å². The molecular formula is C21H22ClN3O2. The minimum Gasteiger partial charge on any atom is -0.484 e. The van der Waals surface area contributed by atoms with E-state index < -0.39 is 0 Å². The van der Waals surface area contributed by atoms with Crippen molar-refractivity contribution in [1.29, 1.82) is 0 Å². The topological polar surface area (TPSA) is 66.5 Å². The van der Waals surface area contributed by atoms with Crippen LogP contribution in [0.15, 0.2) is 53.6 Å². The lowest BCUT2D eigenvalue weighted by molar-refractivity contribution is -0.123. The molecule has 0 aliphatic rings. The zero-order valence-electron chi connectivity index (χ0n) is 15.3. The van der Waals surface area contributed by atoms with Crippen LogP contribution in [0.5, 0.6) is 5.75 Å². The first-order valence-corrected chi connectivity index (χ1v) is 9.27. The predicted molar refractivity (Wildman–Crippen MR) is 110 cm³/mol. The number of amides is 1. The van der Waals surface area contributed by atoms with Crippen molar-refractivity contribution in [2.75, 3.05) is 6.61 Å². The molecule has 0 saturated heterocycles. The van der Waals surface area contributed by atoms with E-state index in [4.69, 9.17) is 16.3 Å². The smallest absolute Gasteiger partial charge is 0.277 e. The van der Waals surface area contributed by atoms with Gasteiger partial charge < -0.3 is 9.72 Å². The van der Waals surface area contributed by atoms with E-state index >= 15 is 0 Å². The van der Waals surface area contributed by atoms with Gasteiger partial charge in [-0.25, -0.2) is 5.43 Å². The van der Waals surface area contributed by atoms with Gasteiger partial charge in [0.1, 0.15) is 10.9 Å². The highest BCUT2D eigenvalue weighted by molar-refractivity contribution is 6.34. The first kappa shape index (κ1) is 19.0. The molecule has 0 fully saturated rings. The number of nitrogens with one attached hydrogen (secondary N) is 2. The molecule has 0 aliphatic heterocycles. The zero-order valence-corrected chi connectivity index (χ0v) is 16.1. The molecule has 1 atom stereocenters. The summed E-state index contributed by atoms with van der Waals surface area (Å²) < 4.78 is 5.50. The Morgan fingerprint density at radius 3 is 2.74 bits per heavy atom. The first-order chi connectivity index (χ1) is 13.1. The zero-order chi connectivity index (χ0) is 19.2. The molecule has 6 heteroatoms. The van der Waals surface area contributed by atoms with E-state index in [0.29, 0.717) is 16.8 Å². The molecule has 0 aliphatic carbocycles. The summed E-state index contributed by atoms with van der Waals surface area (Å²) in [5.74, 6) is 0.821. The molecule has 1 aromatic heterocycles. The van der Waals surface area contributed by atoms with E-state index in [1.807, 2.05) is 48.5 Å². The number of ether oxygens (including phenoxy) is 1. The quantitative estimate of drug-likeness (QED) is 0.451. The number of aromatic amines is 1. The number of carbonyl (C=O) groups is 1. The van der Waals surface area contributed by atoms with Crippen LogP contribution in [0.25, 0.3) is 10.9 Å². The van der Waals surface area contributed by atoms with Crippen molar-refractivity contribution in [3.63, 3.8) is 0 Å². The Kier molecular flexibility index (Phi) is 6.14. The summed E-state index contributed by atoms with van der Waals surface area (Å²) in [6, 6.07) is 15.5. The molecule has 0 unspecified atom stereocenters. The van der Waals surface area contributed by atoms with Gasteiger partial charge in [0.2, 0.25) is 0 Å². The monoisotopic (exact) mass is 383 g/mol. The Hall–Kier alpha value is -2.79. The number of fused-ring (bicyclic) bond motifs is 1. The normalized spacial score (nSPS) is 12.4. The number of nitrogens with zero attached hydrogens (tertiary/aromatic N) is 1. The van der Waals surface area contributed by atoms with Gasteiger partial charge in [-0.15, -0.1) is 0 Å². The molecule has 0 saturated carbocycles. The predicted octanol–water partition coefficient (Wildman–Crippen LogP) is 4.86. The second-order valence-electron chi connectivity index (χ2n) is 6.36. The highest BCUT2D eigenvalue weighted by atomic mass is 35.5. The average Bonchev–Trinajstić information content (AvgIpc) is 3.01. The summed E-state index contributed by atoms with van der Waals surface area (Å²) >= 11 is 6.19. The van der Waals surface area contributed by atoms with Crippen LogP contribution in [-0.2, 0) is 4.79 Å². The third-order valence-electron chi connectivity index (χ3n) is 4.51. The second kappa shape index (κ2) is 8.73. The Balaban J connectivity index is 1.53. The molecule has 2 N–H and O–H groups in total. The number of benzene rings is 2. The fraction of sp³-hybridized carbons (Fsp3) is 0.238. The maximum absolute atomic E-state index is 11.9. The van der Waals surface area contributed by atoms with Gasteiger partial charge in [-0.05, 0) is 36.1 Å². The molecule has 140 valence electrons. The Bertz CT molecular complexity index is 948. The van der Waals surface area contributed by atoms with Crippen molar-refractivity contribution >= 4 is 34.6 Å². The fourth-order valence-electron chi connectivity index (χ4n) is 2.74. The molecule has 1 amide bonds. The molecule has 0 bridgehead atoms. The van der Waals surface area contributed by atoms with Crippen LogP contribution in [-0.4, -0.2) is 23.7 Å². The minimum atomic E-state index is -0.340. The largest absolute Gasteiger partial charge is 0.484 e. The average molecular weight is 384 g/mol. The summed E-state index contributed by atoms with van der Waals surface area (Å²) in [6.45, 7) is 4.23. The third kappa shape index (κ3) is 4.68. The molecule has 5 nitrogen and oxygen atoms in total. The van der Waals surface area contributed by atoms with Gasteiger partial charge >= 0.3 is 0 Å². The van der Waals surface area contributed by atoms with E-state index in [0.717, 1.165) is 22.9 Å². The molecule has 1 heterocycles. The molecule has 3 rings (SSSR count). The summed E-state index contributed by atoms with van der Waals surface area (Å²) in [4.78, 5) is 15.0. The number of hydrogen-bond donors (Lipinski definition) is 2. The van der Waals surface area contributed by atoms with Crippen LogP contribution >= 0.6 is 11.6 Å². The number of hydrogen-bond acceptors (Lipinski definition) is 3. The van der Waals surface area contributed by atoms with Crippen molar-refractivity contribution < 1.29 is 9.53 Å². The van der Waals surface area contributed by atoms with Crippen molar-refractivity contribution in [2.24, 2.45) is 5.10 Å². The van der Waals surface area contributed by atoms with Crippen molar-refractivity contribution in [1.82, 2.24) is 10.4 Å². The molecule has 3 aromatic rings. The van der Waals surface area contributed by atoms with Gasteiger partial charge in [-0.2, -0.15) is 5.10 Å². The molecular weight excluding hydrogens is 362 g/mol. The summed E-state index contributed by atoms with van der Waals surface area (Å²) in [5.41, 5.74) is 5.36. The van der Waals surface area contributed by atoms with E-state index in [1.165, 1.54) is 11.8 Å². The van der Waals surface area contributed by atoms with E-state index in [2.05, 4.69) is 29.4 Å². The number of aromatic nitrogens is 1. The highest BCUT2D eigenvalue weighted by Gasteiger charge is 2.08. The van der Waals surface area contributed by atoms with Crippen LogP contribution in [0.3, 0.4) is 0 Å². The maximum atomic E-state index is 11.9. The Morgan fingerprint density at radius 1 is 1.26 bits per heavy atom. The SMILES string of the molecule is CC[C@@H](C)c1ccc(OCC(=O)N/N=C/c2c(Cl)[nH]c3ccccc23)cc1. The van der Waals surface area contributed by atoms with Crippen LogP contribution in [0.4, 0.5) is 0 Å². The summed E-state index contributed by atoms with van der Waals surface area (Å²) in [7, 11) is 0. The number of rotatable bonds is 7. The third-order valence-corrected chi connectivity index (χ3v) is 4.81. The van der Waals surface area contributed by atoms with Crippen molar-refractivity contribution in [3.05, 3.63) is 64.8 Å². The first-order valence-electron chi connectivity index (χ1n) is 8.89. The number of H-pyrrole nitrogens is 1. The highest BCUT2D eigenvalue weighted by Crippen LogP contribution is 2.24. The minimum absolute atomic E-state index is 0.109. The van der Waals surface area contributed by atoms with Crippen LogP contribution in [0, 0.1) is 0 Å². The van der Waals surface area contributed by atoms with E-state index in [9.17, 15) is 4.79 Å². The number of para-hydroxylation sites is 1. The Labute approximate surface area is 163 Å². The van der Waals surface area contributed by atoms with E-state index in [-0.39, 0.29) is 12.5 Å². The van der Waals surface area contributed by atoms with Gasteiger partial charge in [-0.3, -0.25) is 4.79 Å². The van der Waals surface area contributed by atoms with Gasteiger partial charge in [0.05, 0.1) is 6.21 Å². The number of halogens is 1. The molecule has 2 aromatic carbocycles. The van der Waals surface area contributed by atoms with Crippen molar-refractivity contribution in [2.45, 2.75) is 26.2 Å². The van der Waals surface area contributed by atoms with Gasteiger partial charge in [-0.1, -0.05) is 55.8 Å². The summed E-state index contributed by atoms with van der Waals surface area (Å²) in [5, 5.41) is 5.40. The summed E-state index contributed by atoms with van der Waals surface area (Å²) in [6.07, 6.45) is 2.61. The molecule has 27 heavy (non-hydrogen) atoms. The number of carbonyl (C=O) groups excluding carboxylic acids is 1. The lowest BCUT2D eigenvalue weighted by Gasteiger charge is -2.10. The lowest BCUT2D eigenvalue weighted by atomic mass is 9.99. The van der Waals surface area contributed by atoms with Gasteiger partial charge in [0.25, 0.3) is 5.91 Å². The fourth-order valence-corrected chi connectivity index (χ4v) is 2.99. The van der Waals surface area contributed by atoms with Crippen LogP contribution in [0.1, 0.15) is 37.3 Å².